The van der Waals surface area contributed by atoms with Crippen LogP contribution >= 0.6 is 11.6 Å². The van der Waals surface area contributed by atoms with Crippen LogP contribution in [0.5, 0.6) is 0 Å². The van der Waals surface area contributed by atoms with Crippen molar-refractivity contribution < 1.29 is 18.9 Å². The van der Waals surface area contributed by atoms with E-state index in [2.05, 4.69) is 14.8 Å². The Morgan fingerprint density at radius 1 is 1.53 bits per heavy atom. The van der Waals surface area contributed by atoms with Gasteiger partial charge in [-0.15, -0.1) is 0 Å². The summed E-state index contributed by atoms with van der Waals surface area (Å²) < 4.78 is 9.49. The van der Waals surface area contributed by atoms with Gasteiger partial charge in [0.25, 0.3) is 0 Å². The molecule has 0 unspecified atom stereocenters. The molecular weight excluding hydrogens is 224 g/mol. The molecule has 0 saturated carbocycles. The van der Waals surface area contributed by atoms with Crippen LogP contribution in [0.2, 0.25) is 5.15 Å². The zero-order valence-electron chi connectivity index (χ0n) is 7.52. The molecule has 0 amide bonds. The van der Waals surface area contributed by atoms with Crippen LogP contribution in [0.15, 0.2) is 15.3 Å². The van der Waals surface area contributed by atoms with Crippen molar-refractivity contribution in [2.24, 2.45) is 0 Å². The lowest BCUT2D eigenvalue weighted by Crippen LogP contribution is -1.97. The minimum Gasteiger partial charge on any atom is -0.477 e. The molecular formula is C8H5ClN2O4. The summed E-state index contributed by atoms with van der Waals surface area (Å²) in [4.78, 5) is 10.9. The second-order valence-corrected chi connectivity index (χ2v) is 3.15. The molecule has 2 aromatic rings. The van der Waals surface area contributed by atoms with Gasteiger partial charge in [0.05, 0.1) is 11.3 Å². The number of hydrogen-bond donors (Lipinski definition) is 1. The maximum atomic E-state index is 10.9. The predicted molar refractivity (Wildman–Crippen MR) is 48.7 cm³/mol. The van der Waals surface area contributed by atoms with E-state index in [0.717, 1.165) is 0 Å². The van der Waals surface area contributed by atoms with Gasteiger partial charge >= 0.3 is 5.97 Å². The summed E-state index contributed by atoms with van der Waals surface area (Å²) in [6, 6.07) is 0. The highest BCUT2D eigenvalue weighted by Crippen LogP contribution is 2.30. The first kappa shape index (κ1) is 9.72. The minimum atomic E-state index is -1.21. The van der Waals surface area contributed by atoms with Crippen molar-refractivity contribution in [3.8, 4) is 11.3 Å². The lowest BCUT2D eigenvalue weighted by Gasteiger charge is -1.92. The van der Waals surface area contributed by atoms with Gasteiger partial charge < -0.3 is 14.2 Å². The summed E-state index contributed by atoms with van der Waals surface area (Å²) in [6.45, 7) is 1.65. The molecule has 0 aromatic carbocycles. The van der Waals surface area contributed by atoms with Crippen molar-refractivity contribution in [1.82, 2.24) is 10.3 Å². The standard InChI is InChI=1S/C8H5ClN2O4/c1-3-4(2-14-10-3)6-5(8(12)13)7(9)11-15-6/h2H,1H3,(H,12,13). The van der Waals surface area contributed by atoms with Crippen molar-refractivity contribution in [2.75, 3.05) is 0 Å². The summed E-state index contributed by atoms with van der Waals surface area (Å²) in [5, 5.41) is 15.7. The third-order valence-electron chi connectivity index (χ3n) is 1.86. The molecule has 0 spiro atoms. The molecule has 0 atom stereocenters. The Morgan fingerprint density at radius 2 is 2.27 bits per heavy atom. The first-order valence-electron chi connectivity index (χ1n) is 3.91. The monoisotopic (exact) mass is 228 g/mol. The van der Waals surface area contributed by atoms with Gasteiger partial charge in [-0.1, -0.05) is 21.9 Å². The fourth-order valence-corrected chi connectivity index (χ4v) is 1.35. The molecule has 0 saturated heterocycles. The first-order valence-corrected chi connectivity index (χ1v) is 4.29. The number of halogens is 1. The van der Waals surface area contributed by atoms with Gasteiger partial charge in [0, 0.05) is 0 Å². The third kappa shape index (κ3) is 1.48. The summed E-state index contributed by atoms with van der Waals surface area (Å²) in [5.74, 6) is -1.16. The topological polar surface area (TPSA) is 89.4 Å². The Labute approximate surface area is 88.4 Å². The number of aryl methyl sites for hydroxylation is 1. The molecule has 7 heteroatoms. The van der Waals surface area contributed by atoms with Crippen molar-refractivity contribution >= 4 is 17.6 Å². The lowest BCUT2D eigenvalue weighted by atomic mass is 10.1. The molecule has 1 N–H and O–H groups in total. The number of carboxylic acids is 1. The largest absolute Gasteiger partial charge is 0.477 e. The van der Waals surface area contributed by atoms with Crippen molar-refractivity contribution in [2.45, 2.75) is 6.92 Å². The molecule has 2 aromatic heterocycles. The van der Waals surface area contributed by atoms with Crippen LogP contribution < -0.4 is 0 Å². The SMILES string of the molecule is Cc1nocc1-c1onc(Cl)c1C(=O)O. The predicted octanol–water partition coefficient (Wildman–Crippen LogP) is 1.99. The maximum absolute atomic E-state index is 10.9. The summed E-state index contributed by atoms with van der Waals surface area (Å²) in [6.07, 6.45) is 1.28. The molecule has 78 valence electrons. The highest BCUT2D eigenvalue weighted by molar-refractivity contribution is 6.32. The number of rotatable bonds is 2. The quantitative estimate of drug-likeness (QED) is 0.845. The Morgan fingerprint density at radius 3 is 2.80 bits per heavy atom. The van der Waals surface area contributed by atoms with Gasteiger partial charge in [-0.3, -0.25) is 0 Å². The van der Waals surface area contributed by atoms with E-state index in [-0.39, 0.29) is 16.5 Å². The molecule has 6 nitrogen and oxygen atoms in total. The number of hydrogen-bond acceptors (Lipinski definition) is 5. The van der Waals surface area contributed by atoms with E-state index in [0.29, 0.717) is 11.3 Å². The Balaban J connectivity index is 2.64. The number of nitrogens with zero attached hydrogens (tertiary/aromatic N) is 2. The third-order valence-corrected chi connectivity index (χ3v) is 2.12. The van der Waals surface area contributed by atoms with E-state index in [1.54, 1.807) is 6.92 Å². The Bertz CT molecular complexity index is 516. The summed E-state index contributed by atoms with van der Waals surface area (Å²) >= 11 is 5.57. The Hall–Kier alpha value is -1.82. The van der Waals surface area contributed by atoms with Gasteiger partial charge in [0.2, 0.25) is 0 Å². The van der Waals surface area contributed by atoms with Crippen LogP contribution in [0, 0.1) is 6.92 Å². The second-order valence-electron chi connectivity index (χ2n) is 2.80. The molecule has 0 aliphatic heterocycles. The van der Waals surface area contributed by atoms with E-state index < -0.39 is 5.97 Å². The number of aromatic nitrogens is 2. The van der Waals surface area contributed by atoms with Crippen LogP contribution in [0.4, 0.5) is 0 Å². The van der Waals surface area contributed by atoms with Crippen LogP contribution in [0.3, 0.4) is 0 Å². The average Bonchev–Trinajstić information content (AvgIpc) is 2.71. The second kappa shape index (κ2) is 3.39. The fraction of sp³-hybridized carbons (Fsp3) is 0.125. The molecule has 2 heterocycles. The molecule has 0 aliphatic rings. The highest BCUT2D eigenvalue weighted by Gasteiger charge is 2.25. The van der Waals surface area contributed by atoms with Crippen LogP contribution in [-0.2, 0) is 0 Å². The lowest BCUT2D eigenvalue weighted by molar-refractivity contribution is 0.0697. The maximum Gasteiger partial charge on any atom is 0.342 e. The van der Waals surface area contributed by atoms with E-state index in [9.17, 15) is 4.79 Å². The fourth-order valence-electron chi connectivity index (χ4n) is 1.15. The normalized spacial score (nSPS) is 10.5. The summed E-state index contributed by atoms with van der Waals surface area (Å²) in [7, 11) is 0. The van der Waals surface area contributed by atoms with Crippen LogP contribution in [0.1, 0.15) is 16.1 Å². The molecule has 0 bridgehead atoms. The van der Waals surface area contributed by atoms with E-state index in [1.807, 2.05) is 0 Å². The van der Waals surface area contributed by atoms with Crippen molar-refractivity contribution in [3.63, 3.8) is 0 Å². The molecule has 0 aliphatic carbocycles. The van der Waals surface area contributed by atoms with Crippen molar-refractivity contribution in [3.05, 3.63) is 22.7 Å². The zero-order chi connectivity index (χ0) is 11.0. The van der Waals surface area contributed by atoms with Gasteiger partial charge in [-0.05, 0) is 6.92 Å². The molecule has 0 radical (unpaired) electrons. The van der Waals surface area contributed by atoms with Gasteiger partial charge in [0.1, 0.15) is 11.8 Å². The van der Waals surface area contributed by atoms with Crippen LogP contribution in [0.25, 0.3) is 11.3 Å². The van der Waals surface area contributed by atoms with Gasteiger partial charge in [0.15, 0.2) is 10.9 Å². The van der Waals surface area contributed by atoms with Crippen LogP contribution in [-0.4, -0.2) is 21.4 Å². The first-order chi connectivity index (χ1) is 7.11. The summed E-state index contributed by atoms with van der Waals surface area (Å²) in [5.41, 5.74) is 0.736. The number of carbonyl (C=O) groups is 1. The average molecular weight is 229 g/mol. The molecule has 0 fully saturated rings. The minimum absolute atomic E-state index is 0.0475. The van der Waals surface area contributed by atoms with Crippen molar-refractivity contribution in [1.29, 1.82) is 0 Å². The van der Waals surface area contributed by atoms with E-state index in [1.165, 1.54) is 6.26 Å². The number of aromatic carboxylic acids is 1. The van der Waals surface area contributed by atoms with E-state index in [4.69, 9.17) is 21.2 Å². The zero-order valence-corrected chi connectivity index (χ0v) is 8.28. The van der Waals surface area contributed by atoms with Gasteiger partial charge in [-0.25, -0.2) is 4.79 Å². The molecule has 15 heavy (non-hydrogen) atoms. The van der Waals surface area contributed by atoms with E-state index >= 15 is 0 Å². The number of carboxylic acid groups (broad SMARTS) is 1. The Kier molecular flexibility index (Phi) is 2.20. The molecule has 2 rings (SSSR count). The highest BCUT2D eigenvalue weighted by atomic mass is 35.5. The van der Waals surface area contributed by atoms with Gasteiger partial charge in [-0.2, -0.15) is 0 Å². The smallest absolute Gasteiger partial charge is 0.342 e.